The van der Waals surface area contributed by atoms with Crippen molar-refractivity contribution in [2.24, 2.45) is 0 Å². The van der Waals surface area contributed by atoms with Crippen LogP contribution >= 0.6 is 0 Å². The predicted molar refractivity (Wildman–Crippen MR) is 115 cm³/mol. The van der Waals surface area contributed by atoms with Crippen molar-refractivity contribution in [1.82, 2.24) is 20.3 Å². The van der Waals surface area contributed by atoms with E-state index in [1.54, 1.807) is 6.20 Å². The second-order valence-corrected chi connectivity index (χ2v) is 6.99. The number of fused-ring (bicyclic) bond motifs is 1. The number of rotatable bonds is 7. The zero-order valence-corrected chi connectivity index (χ0v) is 16.3. The minimum absolute atomic E-state index is 0.233. The van der Waals surface area contributed by atoms with Crippen LogP contribution in [0.5, 0.6) is 0 Å². The number of carbonyl (C=O) groups is 1. The maximum atomic E-state index is 12.3. The summed E-state index contributed by atoms with van der Waals surface area (Å²) < 4.78 is 0. The second-order valence-electron chi connectivity index (χ2n) is 6.99. The molecule has 0 bridgehead atoms. The highest BCUT2D eigenvalue weighted by Crippen LogP contribution is 2.18. The molecule has 0 spiro atoms. The second kappa shape index (κ2) is 8.56. The number of amides is 1. The smallest absolute Gasteiger partial charge is 0.271 e. The Balaban J connectivity index is 1.28. The number of hydrogen-bond acceptors (Lipinski definition) is 4. The fourth-order valence-corrected chi connectivity index (χ4v) is 3.18. The van der Waals surface area contributed by atoms with Crippen LogP contribution in [-0.2, 0) is 13.0 Å². The standard InChI is InChI=1S/C23H23N5O/c1-16-6-8-17(9-7-16)12-28-23(29)21-14-27-22(15-26-21)24-11-10-18-13-25-20-5-3-2-4-19(18)20/h2-9,13-15,25H,10-12H2,1H3,(H,24,27)(H,28,29). The van der Waals surface area contributed by atoms with Gasteiger partial charge in [-0.15, -0.1) is 0 Å². The van der Waals surface area contributed by atoms with E-state index in [-0.39, 0.29) is 5.91 Å². The third-order valence-electron chi connectivity index (χ3n) is 4.83. The number of aromatic amines is 1. The first-order valence-corrected chi connectivity index (χ1v) is 9.64. The third kappa shape index (κ3) is 4.60. The molecule has 2 aromatic heterocycles. The summed E-state index contributed by atoms with van der Waals surface area (Å²) in [5.41, 5.74) is 4.95. The molecule has 0 unspecified atom stereocenters. The molecule has 4 rings (SSSR count). The topological polar surface area (TPSA) is 82.7 Å². The number of H-pyrrole nitrogens is 1. The molecule has 1 amide bonds. The fourth-order valence-electron chi connectivity index (χ4n) is 3.18. The van der Waals surface area contributed by atoms with Crippen LogP contribution in [0, 0.1) is 6.92 Å². The number of aromatic nitrogens is 3. The van der Waals surface area contributed by atoms with Gasteiger partial charge in [-0.25, -0.2) is 9.97 Å². The Morgan fingerprint density at radius 1 is 1.03 bits per heavy atom. The molecule has 0 saturated heterocycles. The normalized spacial score (nSPS) is 10.8. The number of benzene rings is 2. The molecule has 0 aliphatic rings. The Labute approximate surface area is 169 Å². The van der Waals surface area contributed by atoms with Gasteiger partial charge in [-0.1, -0.05) is 48.0 Å². The summed E-state index contributed by atoms with van der Waals surface area (Å²) in [6.07, 6.45) is 6.00. The van der Waals surface area contributed by atoms with Gasteiger partial charge in [-0.2, -0.15) is 0 Å². The molecule has 0 atom stereocenters. The molecule has 0 aliphatic carbocycles. The Bertz CT molecular complexity index is 1100. The van der Waals surface area contributed by atoms with Crippen LogP contribution in [-0.4, -0.2) is 27.4 Å². The molecule has 3 N–H and O–H groups in total. The largest absolute Gasteiger partial charge is 0.368 e. The molecule has 6 heteroatoms. The van der Waals surface area contributed by atoms with Crippen molar-refractivity contribution in [3.05, 3.63) is 89.5 Å². The monoisotopic (exact) mass is 385 g/mol. The van der Waals surface area contributed by atoms with Crippen molar-refractivity contribution in [2.75, 3.05) is 11.9 Å². The Morgan fingerprint density at radius 3 is 2.66 bits per heavy atom. The van der Waals surface area contributed by atoms with Crippen molar-refractivity contribution < 1.29 is 4.79 Å². The van der Waals surface area contributed by atoms with Gasteiger partial charge in [0.15, 0.2) is 0 Å². The van der Waals surface area contributed by atoms with E-state index >= 15 is 0 Å². The van der Waals surface area contributed by atoms with E-state index in [9.17, 15) is 4.79 Å². The van der Waals surface area contributed by atoms with Crippen LogP contribution < -0.4 is 10.6 Å². The zero-order valence-electron chi connectivity index (χ0n) is 16.3. The molecule has 0 fully saturated rings. The Hall–Kier alpha value is -3.67. The fraction of sp³-hybridized carbons (Fsp3) is 0.174. The van der Waals surface area contributed by atoms with E-state index in [1.165, 1.54) is 22.7 Å². The van der Waals surface area contributed by atoms with E-state index in [2.05, 4.69) is 37.7 Å². The molecule has 2 aromatic carbocycles. The molecule has 0 radical (unpaired) electrons. The average Bonchev–Trinajstić information content (AvgIpc) is 3.17. The SMILES string of the molecule is Cc1ccc(CNC(=O)c2cnc(NCCc3c[nH]c4ccccc34)cn2)cc1. The van der Waals surface area contributed by atoms with Gasteiger partial charge in [-0.3, -0.25) is 4.79 Å². The lowest BCUT2D eigenvalue weighted by molar-refractivity contribution is 0.0945. The van der Waals surface area contributed by atoms with Crippen LogP contribution in [0.25, 0.3) is 10.9 Å². The van der Waals surface area contributed by atoms with E-state index in [0.717, 1.165) is 24.0 Å². The van der Waals surface area contributed by atoms with Crippen LogP contribution in [0.1, 0.15) is 27.2 Å². The van der Waals surface area contributed by atoms with Crippen molar-refractivity contribution in [3.8, 4) is 0 Å². The predicted octanol–water partition coefficient (Wildman–Crippen LogP) is 3.85. The van der Waals surface area contributed by atoms with Crippen molar-refractivity contribution in [2.45, 2.75) is 19.9 Å². The first-order valence-electron chi connectivity index (χ1n) is 9.64. The summed E-state index contributed by atoms with van der Waals surface area (Å²) in [5.74, 6) is 0.420. The summed E-state index contributed by atoms with van der Waals surface area (Å²) in [4.78, 5) is 24.1. The lowest BCUT2D eigenvalue weighted by atomic mass is 10.1. The summed E-state index contributed by atoms with van der Waals surface area (Å²) in [6.45, 7) is 3.23. The van der Waals surface area contributed by atoms with Crippen LogP contribution in [0.15, 0.2) is 67.1 Å². The molecule has 0 saturated carbocycles. The van der Waals surface area contributed by atoms with Crippen molar-refractivity contribution in [1.29, 1.82) is 0 Å². The first-order chi connectivity index (χ1) is 14.2. The van der Waals surface area contributed by atoms with Crippen LogP contribution in [0.2, 0.25) is 0 Å². The van der Waals surface area contributed by atoms with E-state index in [0.29, 0.717) is 18.1 Å². The molecular formula is C23H23N5O. The number of nitrogens with zero attached hydrogens (tertiary/aromatic N) is 2. The number of hydrogen-bond donors (Lipinski definition) is 3. The van der Waals surface area contributed by atoms with Gasteiger partial charge in [0.2, 0.25) is 0 Å². The Morgan fingerprint density at radius 2 is 1.86 bits per heavy atom. The van der Waals surface area contributed by atoms with Gasteiger partial charge in [0, 0.05) is 30.2 Å². The highest BCUT2D eigenvalue weighted by Gasteiger charge is 2.08. The third-order valence-corrected chi connectivity index (χ3v) is 4.83. The zero-order chi connectivity index (χ0) is 20.1. The van der Waals surface area contributed by atoms with Crippen molar-refractivity contribution >= 4 is 22.6 Å². The number of aryl methyl sites for hydroxylation is 1. The van der Waals surface area contributed by atoms with Gasteiger partial charge in [0.05, 0.1) is 12.4 Å². The van der Waals surface area contributed by atoms with Gasteiger partial charge in [-0.05, 0) is 30.5 Å². The maximum Gasteiger partial charge on any atom is 0.271 e. The summed E-state index contributed by atoms with van der Waals surface area (Å²) >= 11 is 0. The van der Waals surface area contributed by atoms with Gasteiger partial charge in [0.1, 0.15) is 11.5 Å². The van der Waals surface area contributed by atoms with Crippen LogP contribution in [0.3, 0.4) is 0 Å². The van der Waals surface area contributed by atoms with E-state index in [1.807, 2.05) is 49.5 Å². The minimum atomic E-state index is -0.233. The molecular weight excluding hydrogens is 362 g/mol. The van der Waals surface area contributed by atoms with Gasteiger partial charge in [0.25, 0.3) is 5.91 Å². The number of para-hydroxylation sites is 1. The summed E-state index contributed by atoms with van der Waals surface area (Å²) in [5, 5.41) is 7.36. The van der Waals surface area contributed by atoms with Crippen molar-refractivity contribution in [3.63, 3.8) is 0 Å². The van der Waals surface area contributed by atoms with E-state index < -0.39 is 0 Å². The molecule has 0 aliphatic heterocycles. The number of nitrogens with one attached hydrogen (secondary N) is 3. The molecule has 146 valence electrons. The summed E-state index contributed by atoms with van der Waals surface area (Å²) in [6, 6.07) is 16.3. The summed E-state index contributed by atoms with van der Waals surface area (Å²) in [7, 11) is 0. The lowest BCUT2D eigenvalue weighted by Gasteiger charge is -2.07. The molecule has 2 heterocycles. The maximum absolute atomic E-state index is 12.3. The molecule has 4 aromatic rings. The highest BCUT2D eigenvalue weighted by molar-refractivity contribution is 5.92. The first kappa shape index (κ1) is 18.7. The van der Waals surface area contributed by atoms with Crippen LogP contribution in [0.4, 0.5) is 5.82 Å². The number of carbonyl (C=O) groups excluding carboxylic acids is 1. The van der Waals surface area contributed by atoms with E-state index in [4.69, 9.17) is 0 Å². The molecule has 6 nitrogen and oxygen atoms in total. The van der Waals surface area contributed by atoms with Gasteiger partial charge < -0.3 is 15.6 Å². The lowest BCUT2D eigenvalue weighted by Crippen LogP contribution is -2.24. The quantitative estimate of drug-likeness (QED) is 0.451. The highest BCUT2D eigenvalue weighted by atomic mass is 16.1. The minimum Gasteiger partial charge on any atom is -0.368 e. The average molecular weight is 385 g/mol. The number of anilines is 1. The van der Waals surface area contributed by atoms with Gasteiger partial charge >= 0.3 is 0 Å². The Kier molecular flexibility index (Phi) is 5.52. The molecule has 29 heavy (non-hydrogen) atoms.